The van der Waals surface area contributed by atoms with Crippen molar-refractivity contribution in [2.24, 2.45) is 0 Å². The van der Waals surface area contributed by atoms with E-state index >= 15 is 0 Å². The fourth-order valence-corrected chi connectivity index (χ4v) is 3.13. The number of carbonyl (C=O) groups is 1. The average molecular weight is 409 g/mol. The molecular weight excluding hydrogens is 389 g/mol. The number of anilines is 1. The maximum Gasteiger partial charge on any atom is 0.339 e. The summed E-state index contributed by atoms with van der Waals surface area (Å²) in [4.78, 5) is 16.6. The first-order valence-corrected chi connectivity index (χ1v) is 9.25. The highest BCUT2D eigenvalue weighted by Gasteiger charge is 2.18. The summed E-state index contributed by atoms with van der Waals surface area (Å²) >= 11 is 0. The van der Waals surface area contributed by atoms with Crippen molar-refractivity contribution in [3.8, 4) is 16.9 Å². The van der Waals surface area contributed by atoms with Gasteiger partial charge in [-0.2, -0.15) is 5.10 Å². The largest absolute Gasteiger partial charge is 0.465 e. The molecule has 30 heavy (non-hydrogen) atoms. The van der Waals surface area contributed by atoms with Crippen LogP contribution in [0.3, 0.4) is 0 Å². The van der Waals surface area contributed by atoms with E-state index in [2.05, 4.69) is 10.4 Å². The first-order chi connectivity index (χ1) is 14.6. The summed E-state index contributed by atoms with van der Waals surface area (Å²) < 4.78 is 26.9. The normalized spacial score (nSPS) is 11.0. The minimum absolute atomic E-state index is 0.338. The highest BCUT2D eigenvalue weighted by molar-refractivity contribution is 5.90. The molecule has 0 aliphatic carbocycles. The average Bonchev–Trinajstić information content (AvgIpc) is 3.38. The lowest BCUT2D eigenvalue weighted by Gasteiger charge is -2.08. The smallest absolute Gasteiger partial charge is 0.339 e. The number of imidazole rings is 1. The van der Waals surface area contributed by atoms with Crippen LogP contribution in [-0.2, 0) is 9.47 Å². The summed E-state index contributed by atoms with van der Waals surface area (Å²) in [6, 6.07) is 9.59. The van der Waals surface area contributed by atoms with E-state index in [0.717, 1.165) is 5.56 Å². The molecule has 154 valence electrons. The summed E-state index contributed by atoms with van der Waals surface area (Å²) in [6.45, 7) is 1.03. The Bertz CT molecular complexity index is 1200. The summed E-state index contributed by atoms with van der Waals surface area (Å²) in [7, 11) is 2.96. The molecule has 0 bridgehead atoms. The van der Waals surface area contributed by atoms with E-state index in [1.54, 1.807) is 59.0 Å². The zero-order chi connectivity index (χ0) is 21.1. The first-order valence-electron chi connectivity index (χ1n) is 9.25. The van der Waals surface area contributed by atoms with Crippen LogP contribution in [0, 0.1) is 5.82 Å². The number of hydrogen-bond donors (Lipinski definition) is 1. The SMILES string of the molecule is COCCNc1c(-c2cnn(-c3cccc(F)c3)c2)nc2ccc(C(=O)OC)cn12. The zero-order valence-corrected chi connectivity index (χ0v) is 16.5. The number of nitrogens with zero attached hydrogens (tertiary/aromatic N) is 4. The Kier molecular flexibility index (Phi) is 5.44. The van der Waals surface area contributed by atoms with Crippen molar-refractivity contribution in [3.05, 3.63) is 66.4 Å². The number of carbonyl (C=O) groups excluding carboxylic acids is 1. The van der Waals surface area contributed by atoms with Crippen LogP contribution in [0.1, 0.15) is 10.4 Å². The zero-order valence-electron chi connectivity index (χ0n) is 16.5. The van der Waals surface area contributed by atoms with Crippen molar-refractivity contribution in [1.82, 2.24) is 19.2 Å². The summed E-state index contributed by atoms with van der Waals surface area (Å²) in [5.41, 5.74) is 3.04. The van der Waals surface area contributed by atoms with Crippen LogP contribution in [0.5, 0.6) is 0 Å². The van der Waals surface area contributed by atoms with Gasteiger partial charge < -0.3 is 14.8 Å². The van der Waals surface area contributed by atoms with E-state index in [9.17, 15) is 9.18 Å². The number of halogens is 1. The minimum atomic E-state index is -0.436. The van der Waals surface area contributed by atoms with Crippen LogP contribution < -0.4 is 5.32 Å². The molecule has 3 heterocycles. The second-order valence-corrected chi connectivity index (χ2v) is 6.52. The highest BCUT2D eigenvalue weighted by atomic mass is 19.1. The lowest BCUT2D eigenvalue weighted by molar-refractivity contribution is 0.0600. The van der Waals surface area contributed by atoms with Crippen molar-refractivity contribution in [1.29, 1.82) is 0 Å². The van der Waals surface area contributed by atoms with E-state index in [0.29, 0.717) is 41.6 Å². The first kappa shape index (κ1) is 19.6. The third-order valence-corrected chi connectivity index (χ3v) is 4.57. The Balaban J connectivity index is 1.79. The predicted molar refractivity (Wildman–Crippen MR) is 109 cm³/mol. The van der Waals surface area contributed by atoms with Gasteiger partial charge in [0.1, 0.15) is 23.0 Å². The van der Waals surface area contributed by atoms with Crippen LogP contribution in [-0.4, -0.2) is 52.5 Å². The number of benzene rings is 1. The van der Waals surface area contributed by atoms with Crippen molar-refractivity contribution < 1.29 is 18.7 Å². The van der Waals surface area contributed by atoms with Gasteiger partial charge in [0.25, 0.3) is 0 Å². The monoisotopic (exact) mass is 409 g/mol. The van der Waals surface area contributed by atoms with Gasteiger partial charge in [-0.25, -0.2) is 18.9 Å². The molecule has 8 nitrogen and oxygen atoms in total. The number of methoxy groups -OCH3 is 2. The van der Waals surface area contributed by atoms with Gasteiger partial charge in [0, 0.05) is 31.6 Å². The molecule has 9 heteroatoms. The van der Waals surface area contributed by atoms with Crippen LogP contribution in [0.15, 0.2) is 55.0 Å². The number of fused-ring (bicyclic) bond motifs is 1. The summed E-state index contributed by atoms with van der Waals surface area (Å²) in [5.74, 6) is -0.0879. The Morgan fingerprint density at radius 3 is 2.83 bits per heavy atom. The molecule has 0 spiro atoms. The number of pyridine rings is 1. The molecule has 0 amide bonds. The van der Waals surface area contributed by atoms with Gasteiger partial charge in [-0.15, -0.1) is 0 Å². The molecule has 0 radical (unpaired) electrons. The van der Waals surface area contributed by atoms with E-state index in [1.165, 1.54) is 19.2 Å². The molecule has 0 aliphatic heterocycles. The standard InChI is InChI=1S/C21H20FN5O3/c1-29-9-8-23-20-19(25-18-7-6-14(12-26(18)20)21(28)30-2)15-11-24-27(13-15)17-5-3-4-16(22)10-17/h3-7,10-13,23H,8-9H2,1-2H3. The van der Waals surface area contributed by atoms with E-state index in [-0.39, 0.29) is 5.82 Å². The molecule has 0 fully saturated rings. The number of nitrogens with one attached hydrogen (secondary N) is 1. The summed E-state index contributed by atoms with van der Waals surface area (Å²) in [5, 5.41) is 7.65. The highest BCUT2D eigenvalue weighted by Crippen LogP contribution is 2.29. The van der Waals surface area contributed by atoms with Crippen LogP contribution in [0.4, 0.5) is 10.2 Å². The van der Waals surface area contributed by atoms with Crippen molar-refractivity contribution in [3.63, 3.8) is 0 Å². The molecule has 0 saturated carbocycles. The van der Waals surface area contributed by atoms with Gasteiger partial charge in [0.15, 0.2) is 0 Å². The lowest BCUT2D eigenvalue weighted by Crippen LogP contribution is -2.10. The number of esters is 1. The van der Waals surface area contributed by atoms with E-state index in [1.807, 2.05) is 0 Å². The van der Waals surface area contributed by atoms with E-state index < -0.39 is 5.97 Å². The maximum absolute atomic E-state index is 13.6. The molecular formula is C21H20FN5O3. The molecule has 4 rings (SSSR count). The fourth-order valence-electron chi connectivity index (χ4n) is 3.13. The molecule has 0 unspecified atom stereocenters. The third-order valence-electron chi connectivity index (χ3n) is 4.57. The minimum Gasteiger partial charge on any atom is -0.465 e. The fraction of sp³-hybridized carbons (Fsp3) is 0.190. The number of aromatic nitrogens is 4. The van der Waals surface area contributed by atoms with Crippen molar-refractivity contribution in [2.45, 2.75) is 0 Å². The number of hydrogen-bond acceptors (Lipinski definition) is 6. The molecule has 1 aromatic carbocycles. The third kappa shape index (κ3) is 3.74. The molecule has 4 aromatic rings. The van der Waals surface area contributed by atoms with Gasteiger partial charge >= 0.3 is 5.97 Å². The molecule has 1 N–H and O–H groups in total. The topological polar surface area (TPSA) is 82.7 Å². The van der Waals surface area contributed by atoms with Crippen molar-refractivity contribution in [2.75, 3.05) is 32.7 Å². The van der Waals surface area contributed by atoms with E-state index in [4.69, 9.17) is 14.5 Å². The Morgan fingerprint density at radius 1 is 1.20 bits per heavy atom. The van der Waals surface area contributed by atoms with Crippen molar-refractivity contribution >= 4 is 17.4 Å². The van der Waals surface area contributed by atoms with Gasteiger partial charge in [-0.05, 0) is 30.3 Å². The Hall–Kier alpha value is -3.72. The molecule has 0 saturated heterocycles. The van der Waals surface area contributed by atoms with Gasteiger partial charge in [0.2, 0.25) is 0 Å². The number of ether oxygens (including phenoxy) is 2. The van der Waals surface area contributed by atoms with Crippen LogP contribution in [0.2, 0.25) is 0 Å². The molecule has 0 atom stereocenters. The molecule has 3 aromatic heterocycles. The molecule has 0 aliphatic rings. The quantitative estimate of drug-likeness (QED) is 0.373. The Labute approximate surface area is 171 Å². The van der Waals surface area contributed by atoms with Gasteiger partial charge in [-0.3, -0.25) is 4.40 Å². The van der Waals surface area contributed by atoms with Gasteiger partial charge in [0.05, 0.1) is 31.2 Å². The number of rotatable bonds is 7. The second-order valence-electron chi connectivity index (χ2n) is 6.52. The second kappa shape index (κ2) is 8.34. The van der Waals surface area contributed by atoms with Crippen LogP contribution >= 0.6 is 0 Å². The summed E-state index contributed by atoms with van der Waals surface area (Å²) in [6.07, 6.45) is 5.11. The maximum atomic E-state index is 13.6. The predicted octanol–water partition coefficient (Wildman–Crippen LogP) is 3.17. The Morgan fingerprint density at radius 2 is 2.07 bits per heavy atom. The lowest BCUT2D eigenvalue weighted by atomic mass is 10.2. The van der Waals surface area contributed by atoms with Crippen LogP contribution in [0.25, 0.3) is 22.6 Å². The van der Waals surface area contributed by atoms with Gasteiger partial charge in [-0.1, -0.05) is 6.07 Å².